The number of carbonyl (C=O) groups excluding carboxylic acids is 1. The van der Waals surface area contributed by atoms with Gasteiger partial charge < -0.3 is 15.4 Å². The molecule has 1 spiro atoms. The van der Waals surface area contributed by atoms with Crippen LogP contribution in [-0.2, 0) is 9.53 Å². The van der Waals surface area contributed by atoms with Crippen molar-refractivity contribution in [2.24, 2.45) is 17.1 Å². The van der Waals surface area contributed by atoms with Gasteiger partial charge >= 0.3 is 0 Å². The fourth-order valence-electron chi connectivity index (χ4n) is 4.39. The molecule has 120 valence electrons. The first kappa shape index (κ1) is 15.3. The zero-order chi connectivity index (χ0) is 14.7. The van der Waals surface area contributed by atoms with Crippen LogP contribution in [-0.4, -0.2) is 43.2 Å². The highest BCUT2D eigenvalue weighted by molar-refractivity contribution is 5.80. The minimum absolute atomic E-state index is 0.0697. The fraction of sp³-hybridized carbons (Fsp3) is 0.941. The first-order chi connectivity index (χ1) is 10.2. The smallest absolute Gasteiger partial charge is 0.227 e. The topological polar surface area (TPSA) is 55.6 Å². The van der Waals surface area contributed by atoms with Gasteiger partial charge in [-0.05, 0) is 37.5 Å². The lowest BCUT2D eigenvalue weighted by molar-refractivity contribution is -0.136. The highest BCUT2D eigenvalue weighted by Gasteiger charge is 2.42. The van der Waals surface area contributed by atoms with E-state index in [0.717, 1.165) is 64.8 Å². The van der Waals surface area contributed by atoms with Gasteiger partial charge in [-0.25, -0.2) is 0 Å². The average Bonchev–Trinajstić information content (AvgIpc) is 2.87. The van der Waals surface area contributed by atoms with Gasteiger partial charge in [0.15, 0.2) is 0 Å². The van der Waals surface area contributed by atoms with Crippen LogP contribution in [0.3, 0.4) is 0 Å². The summed E-state index contributed by atoms with van der Waals surface area (Å²) in [5.74, 6) is 0.410. The van der Waals surface area contributed by atoms with E-state index in [1.807, 2.05) is 0 Å². The van der Waals surface area contributed by atoms with Crippen LogP contribution in [0.2, 0.25) is 0 Å². The van der Waals surface area contributed by atoms with Gasteiger partial charge in [-0.1, -0.05) is 25.7 Å². The second-order valence-electron chi connectivity index (χ2n) is 7.38. The van der Waals surface area contributed by atoms with Gasteiger partial charge in [0.25, 0.3) is 0 Å². The van der Waals surface area contributed by atoms with Crippen LogP contribution in [0.25, 0.3) is 0 Å². The molecule has 2 N–H and O–H groups in total. The maximum Gasteiger partial charge on any atom is 0.227 e. The largest absolute Gasteiger partial charge is 0.381 e. The van der Waals surface area contributed by atoms with Gasteiger partial charge in [0.05, 0.1) is 5.92 Å². The molecule has 2 saturated heterocycles. The Morgan fingerprint density at radius 2 is 1.76 bits per heavy atom. The Bertz CT molecular complexity index is 366. The molecule has 2 aliphatic heterocycles. The Labute approximate surface area is 128 Å². The number of amides is 1. The lowest BCUT2D eigenvalue weighted by Crippen LogP contribution is -2.45. The third-order valence-electron chi connectivity index (χ3n) is 5.94. The van der Waals surface area contributed by atoms with Gasteiger partial charge in [0.2, 0.25) is 5.91 Å². The van der Waals surface area contributed by atoms with Gasteiger partial charge in [-0.15, -0.1) is 0 Å². The number of nitrogens with two attached hydrogens (primary N) is 1. The highest BCUT2D eigenvalue weighted by Crippen LogP contribution is 2.40. The monoisotopic (exact) mass is 294 g/mol. The molecule has 3 fully saturated rings. The first-order valence-corrected chi connectivity index (χ1v) is 8.82. The Morgan fingerprint density at radius 3 is 2.52 bits per heavy atom. The Kier molecular flexibility index (Phi) is 4.85. The molecule has 4 heteroatoms. The van der Waals surface area contributed by atoms with E-state index in [1.165, 1.54) is 19.3 Å². The number of carbonyl (C=O) groups is 1. The summed E-state index contributed by atoms with van der Waals surface area (Å²) in [4.78, 5) is 15.0. The number of hydrogen-bond donors (Lipinski definition) is 1. The van der Waals surface area contributed by atoms with Gasteiger partial charge in [0, 0.05) is 32.3 Å². The minimum Gasteiger partial charge on any atom is -0.381 e. The summed E-state index contributed by atoms with van der Waals surface area (Å²) in [6.07, 6.45) is 10.3. The number of nitrogens with zero attached hydrogens (tertiary/aromatic N) is 1. The van der Waals surface area contributed by atoms with Crippen LogP contribution in [0.5, 0.6) is 0 Å². The quantitative estimate of drug-likeness (QED) is 0.807. The van der Waals surface area contributed by atoms with E-state index in [9.17, 15) is 4.79 Å². The SMILES string of the molecule is NC1CCCCCCC1C(=O)N1CCC2(CCOCC2)C1. The summed E-state index contributed by atoms with van der Waals surface area (Å²) in [6.45, 7) is 3.61. The molecule has 4 nitrogen and oxygen atoms in total. The van der Waals surface area contributed by atoms with Crippen molar-refractivity contribution < 1.29 is 9.53 Å². The van der Waals surface area contributed by atoms with Crippen LogP contribution in [0.1, 0.15) is 57.8 Å². The molecule has 1 amide bonds. The molecule has 3 rings (SSSR count). The van der Waals surface area contributed by atoms with Gasteiger partial charge in [-0.2, -0.15) is 0 Å². The van der Waals surface area contributed by atoms with E-state index >= 15 is 0 Å². The third-order valence-corrected chi connectivity index (χ3v) is 5.94. The van der Waals surface area contributed by atoms with E-state index in [-0.39, 0.29) is 12.0 Å². The highest BCUT2D eigenvalue weighted by atomic mass is 16.5. The lowest BCUT2D eigenvalue weighted by atomic mass is 9.79. The summed E-state index contributed by atoms with van der Waals surface area (Å²) < 4.78 is 5.49. The van der Waals surface area contributed by atoms with Crippen LogP contribution in [0, 0.1) is 11.3 Å². The van der Waals surface area contributed by atoms with Crippen molar-refractivity contribution in [1.29, 1.82) is 0 Å². The summed E-state index contributed by atoms with van der Waals surface area (Å²) in [5.41, 5.74) is 6.67. The summed E-state index contributed by atoms with van der Waals surface area (Å²) in [6, 6.07) is 0.0732. The second kappa shape index (κ2) is 6.66. The minimum atomic E-state index is 0.0697. The molecule has 1 aliphatic carbocycles. The standard InChI is InChI=1S/C17H30N2O2/c18-15-6-4-2-1-3-5-14(15)16(20)19-10-7-17(13-19)8-11-21-12-9-17/h14-15H,1-13,18H2. The predicted octanol–water partition coefficient (Wildman–Crippen LogP) is 2.31. The molecule has 1 saturated carbocycles. The van der Waals surface area contributed by atoms with Crippen LogP contribution >= 0.6 is 0 Å². The molecule has 0 aromatic carbocycles. The summed E-state index contributed by atoms with van der Waals surface area (Å²) >= 11 is 0. The molecule has 2 unspecified atom stereocenters. The zero-order valence-corrected chi connectivity index (χ0v) is 13.2. The van der Waals surface area contributed by atoms with Crippen LogP contribution in [0.4, 0.5) is 0 Å². The molecule has 2 heterocycles. The van der Waals surface area contributed by atoms with Crippen molar-refractivity contribution in [3.63, 3.8) is 0 Å². The molecular weight excluding hydrogens is 264 g/mol. The van der Waals surface area contributed by atoms with Crippen LogP contribution in [0.15, 0.2) is 0 Å². The van der Waals surface area contributed by atoms with E-state index in [2.05, 4.69) is 4.90 Å². The number of likely N-dealkylation sites (tertiary alicyclic amines) is 1. The molecule has 0 aromatic heterocycles. The first-order valence-electron chi connectivity index (χ1n) is 8.82. The van der Waals surface area contributed by atoms with Crippen molar-refractivity contribution in [3.05, 3.63) is 0 Å². The second-order valence-corrected chi connectivity index (χ2v) is 7.38. The summed E-state index contributed by atoms with van der Waals surface area (Å²) in [7, 11) is 0. The van der Waals surface area contributed by atoms with Crippen molar-refractivity contribution in [2.75, 3.05) is 26.3 Å². The van der Waals surface area contributed by atoms with Crippen LogP contribution < -0.4 is 5.73 Å². The molecule has 0 bridgehead atoms. The lowest BCUT2D eigenvalue weighted by Gasteiger charge is -2.34. The Morgan fingerprint density at radius 1 is 1.05 bits per heavy atom. The molecule has 0 radical (unpaired) electrons. The van der Waals surface area contributed by atoms with E-state index in [1.54, 1.807) is 0 Å². The maximum absolute atomic E-state index is 12.9. The van der Waals surface area contributed by atoms with Gasteiger partial charge in [-0.3, -0.25) is 4.79 Å². The fourth-order valence-corrected chi connectivity index (χ4v) is 4.39. The third kappa shape index (κ3) is 3.42. The van der Waals surface area contributed by atoms with Crippen molar-refractivity contribution in [3.8, 4) is 0 Å². The average molecular weight is 294 g/mol. The molecule has 0 aromatic rings. The maximum atomic E-state index is 12.9. The number of rotatable bonds is 1. The Balaban J connectivity index is 1.61. The number of hydrogen-bond acceptors (Lipinski definition) is 3. The predicted molar refractivity (Wildman–Crippen MR) is 82.9 cm³/mol. The summed E-state index contributed by atoms with van der Waals surface area (Å²) in [5, 5.41) is 0. The molecular formula is C17H30N2O2. The normalized spacial score (nSPS) is 33.7. The van der Waals surface area contributed by atoms with Gasteiger partial charge in [0.1, 0.15) is 0 Å². The van der Waals surface area contributed by atoms with E-state index in [4.69, 9.17) is 10.5 Å². The number of ether oxygens (including phenoxy) is 1. The Hall–Kier alpha value is -0.610. The zero-order valence-electron chi connectivity index (χ0n) is 13.2. The molecule has 21 heavy (non-hydrogen) atoms. The van der Waals surface area contributed by atoms with Crippen molar-refractivity contribution >= 4 is 5.91 Å². The molecule has 3 aliphatic rings. The van der Waals surface area contributed by atoms with E-state index in [0.29, 0.717) is 11.3 Å². The van der Waals surface area contributed by atoms with Crippen molar-refractivity contribution in [2.45, 2.75) is 63.8 Å². The van der Waals surface area contributed by atoms with Crippen molar-refractivity contribution in [1.82, 2.24) is 4.90 Å². The molecule has 2 atom stereocenters. The van der Waals surface area contributed by atoms with E-state index < -0.39 is 0 Å².